The van der Waals surface area contributed by atoms with E-state index in [2.05, 4.69) is 16.7 Å². The molecule has 0 spiro atoms. The number of aliphatic hydroxyl groups is 1. The van der Waals surface area contributed by atoms with Crippen molar-refractivity contribution in [1.29, 1.82) is 0 Å². The Balaban J connectivity index is 1.87. The topological polar surface area (TPSA) is 26.7 Å². The molecule has 0 aromatic rings. The quantitative estimate of drug-likeness (QED) is 0.676. The van der Waals surface area contributed by atoms with Crippen molar-refractivity contribution in [3.05, 3.63) is 0 Å². The number of piperazine rings is 3. The van der Waals surface area contributed by atoms with E-state index in [1.54, 1.807) is 0 Å². The largest absolute Gasteiger partial charge is 0.396 e. The molecule has 0 aromatic heterocycles. The third-order valence-electron chi connectivity index (χ3n) is 3.45. The molecular weight excluding hydrogens is 164 g/mol. The maximum Gasteiger partial charge on any atom is 0.0431 e. The average molecular weight is 184 g/mol. The molecular formula is C10H20N2O. The maximum absolute atomic E-state index is 8.79. The summed E-state index contributed by atoms with van der Waals surface area (Å²) in [6.45, 7) is 7.60. The van der Waals surface area contributed by atoms with E-state index in [1.165, 1.54) is 32.6 Å². The summed E-state index contributed by atoms with van der Waals surface area (Å²) in [4.78, 5) is 5.18. The van der Waals surface area contributed by atoms with Crippen LogP contribution in [0.2, 0.25) is 0 Å². The molecule has 3 saturated heterocycles. The molecule has 13 heavy (non-hydrogen) atoms. The number of aliphatic hydroxyl groups excluding tert-OH is 1. The van der Waals surface area contributed by atoms with E-state index in [1.807, 2.05) is 0 Å². The van der Waals surface area contributed by atoms with Crippen LogP contribution in [0.25, 0.3) is 0 Å². The Hall–Kier alpha value is -0.120. The van der Waals surface area contributed by atoms with Crippen molar-refractivity contribution in [2.75, 3.05) is 32.8 Å². The lowest BCUT2D eigenvalue weighted by Crippen LogP contribution is -2.64. The second-order valence-electron chi connectivity index (χ2n) is 4.36. The summed E-state index contributed by atoms with van der Waals surface area (Å²) in [5.41, 5.74) is 0. The third kappa shape index (κ3) is 1.87. The Labute approximate surface area is 80.3 Å². The number of fused-ring (bicyclic) bond motifs is 3. The predicted octanol–water partition coefficient (Wildman–Crippen LogP) is 0.147. The van der Waals surface area contributed by atoms with Gasteiger partial charge in [0, 0.05) is 44.9 Å². The molecule has 1 N–H and O–H groups in total. The second-order valence-corrected chi connectivity index (χ2v) is 4.36. The summed E-state index contributed by atoms with van der Waals surface area (Å²) in [5, 5.41) is 8.79. The molecule has 2 bridgehead atoms. The fourth-order valence-electron chi connectivity index (χ4n) is 2.61. The summed E-state index contributed by atoms with van der Waals surface area (Å²) >= 11 is 0. The average Bonchev–Trinajstić information content (AvgIpc) is 2.16. The zero-order valence-electron chi connectivity index (χ0n) is 8.45. The minimum absolute atomic E-state index is 0.347. The number of rotatable bonds is 3. The van der Waals surface area contributed by atoms with Gasteiger partial charge in [0.2, 0.25) is 0 Å². The Morgan fingerprint density at radius 2 is 2.00 bits per heavy atom. The van der Waals surface area contributed by atoms with Crippen molar-refractivity contribution in [1.82, 2.24) is 9.80 Å². The Bertz CT molecular complexity index is 174. The molecule has 0 saturated carbocycles. The first-order valence-corrected chi connectivity index (χ1v) is 5.40. The molecule has 0 amide bonds. The minimum Gasteiger partial charge on any atom is -0.396 e. The molecule has 3 aliphatic heterocycles. The van der Waals surface area contributed by atoms with Crippen LogP contribution >= 0.6 is 0 Å². The molecule has 0 radical (unpaired) electrons. The van der Waals surface area contributed by atoms with Gasteiger partial charge in [-0.25, -0.2) is 0 Å². The molecule has 0 aliphatic carbocycles. The van der Waals surface area contributed by atoms with Gasteiger partial charge in [-0.1, -0.05) is 0 Å². The summed E-state index contributed by atoms with van der Waals surface area (Å²) < 4.78 is 0. The Morgan fingerprint density at radius 1 is 1.23 bits per heavy atom. The Kier molecular flexibility index (Phi) is 2.86. The lowest BCUT2D eigenvalue weighted by Gasteiger charge is -2.51. The van der Waals surface area contributed by atoms with Crippen molar-refractivity contribution in [3.63, 3.8) is 0 Å². The van der Waals surface area contributed by atoms with Gasteiger partial charge in [-0.3, -0.25) is 9.80 Å². The Morgan fingerprint density at radius 3 is 2.54 bits per heavy atom. The van der Waals surface area contributed by atoms with E-state index in [-0.39, 0.29) is 0 Å². The fourth-order valence-corrected chi connectivity index (χ4v) is 2.61. The predicted molar refractivity (Wildman–Crippen MR) is 52.7 cm³/mol. The highest BCUT2D eigenvalue weighted by Crippen LogP contribution is 2.22. The van der Waals surface area contributed by atoms with Crippen molar-refractivity contribution in [2.45, 2.75) is 31.8 Å². The first kappa shape index (κ1) is 9.44. The molecule has 3 heteroatoms. The van der Waals surface area contributed by atoms with E-state index >= 15 is 0 Å². The van der Waals surface area contributed by atoms with Gasteiger partial charge in [0.15, 0.2) is 0 Å². The second kappa shape index (κ2) is 3.95. The molecule has 3 nitrogen and oxygen atoms in total. The lowest BCUT2D eigenvalue weighted by atomic mass is 9.99. The van der Waals surface area contributed by atoms with E-state index in [9.17, 15) is 0 Å². The molecule has 3 heterocycles. The molecule has 4 unspecified atom stereocenters. The fraction of sp³-hybridized carbons (Fsp3) is 1.00. The van der Waals surface area contributed by atoms with Crippen molar-refractivity contribution >= 4 is 0 Å². The summed E-state index contributed by atoms with van der Waals surface area (Å²) in [6.07, 6.45) is 2.13. The minimum atomic E-state index is 0.347. The zero-order valence-corrected chi connectivity index (χ0v) is 8.45. The van der Waals surface area contributed by atoms with Gasteiger partial charge in [0.1, 0.15) is 0 Å². The van der Waals surface area contributed by atoms with Crippen LogP contribution in [0.5, 0.6) is 0 Å². The monoisotopic (exact) mass is 184 g/mol. The van der Waals surface area contributed by atoms with Gasteiger partial charge in [-0.15, -0.1) is 0 Å². The van der Waals surface area contributed by atoms with Gasteiger partial charge in [0.05, 0.1) is 0 Å². The first-order valence-electron chi connectivity index (χ1n) is 5.40. The lowest BCUT2D eigenvalue weighted by molar-refractivity contribution is -0.0273. The molecule has 3 rings (SSSR count). The summed E-state index contributed by atoms with van der Waals surface area (Å²) in [7, 11) is 0. The van der Waals surface area contributed by atoms with Crippen LogP contribution in [-0.4, -0.2) is 59.8 Å². The number of nitrogens with zero attached hydrogens (tertiary/aromatic N) is 2. The number of hydrogen-bond acceptors (Lipinski definition) is 3. The van der Waals surface area contributed by atoms with Gasteiger partial charge in [0.25, 0.3) is 0 Å². The van der Waals surface area contributed by atoms with E-state index in [4.69, 9.17) is 5.11 Å². The van der Waals surface area contributed by atoms with Gasteiger partial charge < -0.3 is 5.11 Å². The zero-order chi connectivity index (χ0) is 9.26. The standard InChI is InChI=1S/C10H20N2O/c1-9-7-12-5-4-11(9)8-10(12)3-2-6-13/h9-10,13H,2-8H2,1H3. The highest BCUT2D eigenvalue weighted by Gasteiger charge is 2.35. The van der Waals surface area contributed by atoms with E-state index < -0.39 is 0 Å². The van der Waals surface area contributed by atoms with E-state index in [0.717, 1.165) is 18.5 Å². The molecule has 3 aliphatic rings. The van der Waals surface area contributed by atoms with Crippen LogP contribution in [0.15, 0.2) is 0 Å². The SMILES string of the molecule is CC1CN2CCN1CC2CCCO. The molecule has 4 atom stereocenters. The normalized spacial score (nSPS) is 43.8. The van der Waals surface area contributed by atoms with Gasteiger partial charge in [-0.2, -0.15) is 0 Å². The van der Waals surface area contributed by atoms with Crippen LogP contribution in [0.1, 0.15) is 19.8 Å². The summed E-state index contributed by atoms with van der Waals surface area (Å²) in [5.74, 6) is 0. The van der Waals surface area contributed by atoms with Crippen LogP contribution < -0.4 is 0 Å². The van der Waals surface area contributed by atoms with Crippen molar-refractivity contribution in [3.8, 4) is 0 Å². The highest BCUT2D eigenvalue weighted by molar-refractivity contribution is 4.91. The number of hydrogen-bond donors (Lipinski definition) is 1. The maximum atomic E-state index is 8.79. The van der Waals surface area contributed by atoms with Crippen LogP contribution in [0.4, 0.5) is 0 Å². The third-order valence-corrected chi connectivity index (χ3v) is 3.45. The molecule has 76 valence electrons. The smallest absolute Gasteiger partial charge is 0.0431 e. The van der Waals surface area contributed by atoms with Gasteiger partial charge >= 0.3 is 0 Å². The van der Waals surface area contributed by atoms with Crippen LogP contribution in [0, 0.1) is 0 Å². The van der Waals surface area contributed by atoms with E-state index in [0.29, 0.717) is 6.61 Å². The van der Waals surface area contributed by atoms with Crippen molar-refractivity contribution in [2.24, 2.45) is 0 Å². The molecule has 3 fully saturated rings. The first-order chi connectivity index (χ1) is 6.31. The van der Waals surface area contributed by atoms with Crippen LogP contribution in [0.3, 0.4) is 0 Å². The van der Waals surface area contributed by atoms with Crippen molar-refractivity contribution < 1.29 is 5.11 Å². The van der Waals surface area contributed by atoms with Crippen LogP contribution in [-0.2, 0) is 0 Å². The highest BCUT2D eigenvalue weighted by atomic mass is 16.2. The summed E-state index contributed by atoms with van der Waals surface area (Å²) in [6, 6.07) is 1.47. The van der Waals surface area contributed by atoms with Gasteiger partial charge in [-0.05, 0) is 19.8 Å². The molecule has 0 aromatic carbocycles.